The van der Waals surface area contributed by atoms with Gasteiger partial charge in [0.2, 0.25) is 0 Å². The number of sulfone groups is 1. The molecule has 2 atom stereocenters. The Kier molecular flexibility index (Phi) is 1.98. The molecule has 0 amide bonds. The van der Waals surface area contributed by atoms with E-state index in [2.05, 4.69) is 0 Å². The van der Waals surface area contributed by atoms with E-state index in [0.29, 0.717) is 11.5 Å². The molecule has 0 spiro atoms. The van der Waals surface area contributed by atoms with E-state index in [1.165, 1.54) is 0 Å². The number of thiocarbonyl (C=S) groups is 1. The lowest BCUT2D eigenvalue weighted by atomic mass is 10.4. The lowest BCUT2D eigenvalue weighted by molar-refractivity contribution is 0.602. The Labute approximate surface area is 79.4 Å². The number of hydrogen-bond acceptors (Lipinski definition) is 5. The van der Waals surface area contributed by atoms with E-state index in [0.717, 1.165) is 3.53 Å². The van der Waals surface area contributed by atoms with Crippen molar-refractivity contribution in [3.8, 4) is 0 Å². The van der Waals surface area contributed by atoms with Gasteiger partial charge in [0.25, 0.3) is 0 Å². The number of hydrogen-bond donors (Lipinski definition) is 0. The van der Waals surface area contributed by atoms with Gasteiger partial charge in [-0.25, -0.2) is 8.42 Å². The van der Waals surface area contributed by atoms with Crippen molar-refractivity contribution in [1.29, 1.82) is 0 Å². The fourth-order valence-electron chi connectivity index (χ4n) is 1.28. The fourth-order valence-corrected chi connectivity index (χ4v) is 7.94. The van der Waals surface area contributed by atoms with Crippen LogP contribution in [0.2, 0.25) is 0 Å². The van der Waals surface area contributed by atoms with E-state index in [4.69, 9.17) is 12.2 Å². The number of thioether (sulfide) groups is 2. The molecule has 2 heterocycles. The zero-order valence-corrected chi connectivity index (χ0v) is 8.78. The molecule has 2 aliphatic heterocycles. The van der Waals surface area contributed by atoms with Crippen LogP contribution in [-0.4, -0.2) is 34.0 Å². The van der Waals surface area contributed by atoms with E-state index in [-0.39, 0.29) is 10.5 Å². The Morgan fingerprint density at radius 3 is 2.18 bits per heavy atom. The molecule has 62 valence electrons. The molecule has 11 heavy (non-hydrogen) atoms. The maximum Gasteiger partial charge on any atom is 0.152 e. The molecule has 2 rings (SSSR count). The van der Waals surface area contributed by atoms with E-state index in [9.17, 15) is 8.42 Å². The molecular formula is C5H6O2S4. The maximum absolute atomic E-state index is 11.1. The second-order valence-corrected chi connectivity index (χ2v) is 8.48. The smallest absolute Gasteiger partial charge is 0.152 e. The average molecular weight is 226 g/mol. The summed E-state index contributed by atoms with van der Waals surface area (Å²) in [6.07, 6.45) is 0. The first-order valence-corrected chi connectivity index (χ1v) is 7.13. The van der Waals surface area contributed by atoms with Gasteiger partial charge in [-0.3, -0.25) is 0 Å². The van der Waals surface area contributed by atoms with Crippen LogP contribution in [0.4, 0.5) is 0 Å². The summed E-state index contributed by atoms with van der Waals surface area (Å²) in [4.78, 5) is 0. The highest BCUT2D eigenvalue weighted by Crippen LogP contribution is 2.44. The monoisotopic (exact) mass is 226 g/mol. The summed E-state index contributed by atoms with van der Waals surface area (Å²) in [6.45, 7) is 0. The minimum atomic E-state index is -2.73. The van der Waals surface area contributed by atoms with E-state index >= 15 is 0 Å². The first-order valence-electron chi connectivity index (χ1n) is 3.14. The molecule has 0 aliphatic carbocycles. The van der Waals surface area contributed by atoms with Gasteiger partial charge in [0.1, 0.15) is 3.53 Å². The highest BCUT2D eigenvalue weighted by molar-refractivity contribution is 8.50. The SMILES string of the molecule is O=S1(=O)CC2SC(=S)SC2C1. The quantitative estimate of drug-likeness (QED) is 0.574. The molecule has 0 saturated carbocycles. The molecule has 2 nitrogen and oxygen atoms in total. The highest BCUT2D eigenvalue weighted by Gasteiger charge is 2.43. The molecule has 2 unspecified atom stereocenters. The predicted molar refractivity (Wildman–Crippen MR) is 54.0 cm³/mol. The van der Waals surface area contributed by atoms with Gasteiger partial charge in [0, 0.05) is 10.5 Å². The molecule has 2 aliphatic rings. The van der Waals surface area contributed by atoms with Gasteiger partial charge in [-0.2, -0.15) is 0 Å². The third-order valence-electron chi connectivity index (χ3n) is 1.75. The second kappa shape index (κ2) is 2.61. The highest BCUT2D eigenvalue weighted by atomic mass is 32.2. The van der Waals surface area contributed by atoms with E-state index < -0.39 is 9.84 Å². The summed E-state index contributed by atoms with van der Waals surface area (Å²) in [5.74, 6) is 0.658. The average Bonchev–Trinajstić information content (AvgIpc) is 2.17. The van der Waals surface area contributed by atoms with Crippen molar-refractivity contribution >= 4 is 49.1 Å². The standard InChI is InChI=1S/C5H6O2S4/c6-11(7)1-3-4(2-11)10-5(8)9-3/h3-4H,1-2H2. The van der Waals surface area contributed by atoms with Gasteiger partial charge in [-0.15, -0.1) is 23.5 Å². The van der Waals surface area contributed by atoms with Crippen LogP contribution < -0.4 is 0 Å². The predicted octanol–water partition coefficient (Wildman–Crippen LogP) is 0.917. The first kappa shape index (κ1) is 8.34. The molecule has 0 aromatic carbocycles. The molecule has 0 aromatic heterocycles. The Morgan fingerprint density at radius 1 is 1.27 bits per heavy atom. The molecule has 0 aromatic rings. The normalized spacial score (nSPS) is 40.9. The van der Waals surface area contributed by atoms with Crippen LogP contribution >= 0.6 is 35.7 Å². The summed E-state index contributed by atoms with van der Waals surface area (Å²) in [7, 11) is -2.73. The van der Waals surface area contributed by atoms with Crippen LogP contribution in [0.1, 0.15) is 0 Å². The molecule has 6 heteroatoms. The lowest BCUT2D eigenvalue weighted by Gasteiger charge is -1.98. The first-order chi connectivity index (χ1) is 5.07. The van der Waals surface area contributed by atoms with Crippen molar-refractivity contribution in [2.75, 3.05) is 11.5 Å². The summed E-state index contributed by atoms with van der Waals surface area (Å²) in [5.41, 5.74) is 0. The molecule has 0 N–H and O–H groups in total. The van der Waals surface area contributed by atoms with Gasteiger partial charge < -0.3 is 0 Å². The van der Waals surface area contributed by atoms with Gasteiger partial charge in [-0.1, -0.05) is 12.2 Å². The fraction of sp³-hybridized carbons (Fsp3) is 0.800. The van der Waals surface area contributed by atoms with Gasteiger partial charge in [0.15, 0.2) is 9.84 Å². The topological polar surface area (TPSA) is 34.1 Å². The molecule has 0 radical (unpaired) electrons. The zero-order chi connectivity index (χ0) is 8.06. The van der Waals surface area contributed by atoms with Crippen LogP contribution in [0.15, 0.2) is 0 Å². The Hall–Kier alpha value is 0.740. The molecule has 2 saturated heterocycles. The minimum absolute atomic E-state index is 0.248. The van der Waals surface area contributed by atoms with Crippen molar-refractivity contribution in [3.05, 3.63) is 0 Å². The third kappa shape index (κ3) is 1.59. The summed E-state index contributed by atoms with van der Waals surface area (Å²) in [5, 5.41) is 0.495. The van der Waals surface area contributed by atoms with Crippen LogP contribution in [0, 0.1) is 0 Å². The molecular weight excluding hydrogens is 220 g/mol. The second-order valence-electron chi connectivity index (χ2n) is 2.64. The zero-order valence-electron chi connectivity index (χ0n) is 5.52. The maximum atomic E-state index is 11.1. The summed E-state index contributed by atoms with van der Waals surface area (Å²) < 4.78 is 23.1. The van der Waals surface area contributed by atoms with Gasteiger partial charge in [-0.05, 0) is 0 Å². The Morgan fingerprint density at radius 2 is 1.73 bits per heavy atom. The van der Waals surface area contributed by atoms with E-state index in [1.54, 1.807) is 23.5 Å². The van der Waals surface area contributed by atoms with Crippen LogP contribution in [-0.2, 0) is 9.84 Å². The summed E-state index contributed by atoms with van der Waals surface area (Å²) >= 11 is 8.09. The van der Waals surface area contributed by atoms with Crippen LogP contribution in [0.25, 0.3) is 0 Å². The minimum Gasteiger partial charge on any atom is -0.229 e. The lowest BCUT2D eigenvalue weighted by Crippen LogP contribution is -2.10. The van der Waals surface area contributed by atoms with Crippen LogP contribution in [0.5, 0.6) is 0 Å². The van der Waals surface area contributed by atoms with E-state index in [1.807, 2.05) is 0 Å². The van der Waals surface area contributed by atoms with Crippen molar-refractivity contribution < 1.29 is 8.42 Å². The summed E-state index contributed by atoms with van der Waals surface area (Å²) in [6, 6.07) is 0. The molecule has 2 fully saturated rings. The van der Waals surface area contributed by atoms with Crippen molar-refractivity contribution in [2.45, 2.75) is 10.5 Å². The molecule has 0 bridgehead atoms. The Balaban J connectivity index is 2.22. The van der Waals surface area contributed by atoms with Crippen molar-refractivity contribution in [1.82, 2.24) is 0 Å². The van der Waals surface area contributed by atoms with Gasteiger partial charge >= 0.3 is 0 Å². The van der Waals surface area contributed by atoms with Crippen molar-refractivity contribution in [2.24, 2.45) is 0 Å². The largest absolute Gasteiger partial charge is 0.229 e. The Bertz CT molecular complexity index is 272. The van der Waals surface area contributed by atoms with Crippen molar-refractivity contribution in [3.63, 3.8) is 0 Å². The van der Waals surface area contributed by atoms with Crippen LogP contribution in [0.3, 0.4) is 0 Å². The third-order valence-corrected chi connectivity index (χ3v) is 7.21. The number of fused-ring (bicyclic) bond motifs is 1. The van der Waals surface area contributed by atoms with Gasteiger partial charge in [0.05, 0.1) is 11.5 Å². The number of rotatable bonds is 0.